The number of amides is 2. The summed E-state index contributed by atoms with van der Waals surface area (Å²) in [6, 6.07) is 13.7. The van der Waals surface area contributed by atoms with Crippen molar-refractivity contribution in [2.45, 2.75) is 18.9 Å². The van der Waals surface area contributed by atoms with E-state index < -0.39 is 0 Å². The molecule has 0 radical (unpaired) electrons. The van der Waals surface area contributed by atoms with Gasteiger partial charge in [-0.25, -0.2) is 4.79 Å². The molecule has 2 aromatic heterocycles. The highest BCUT2D eigenvalue weighted by atomic mass is 16.2. The van der Waals surface area contributed by atoms with Gasteiger partial charge in [0.25, 0.3) is 0 Å². The van der Waals surface area contributed by atoms with Crippen molar-refractivity contribution in [3.05, 3.63) is 66.6 Å². The first-order valence-corrected chi connectivity index (χ1v) is 8.14. The lowest BCUT2D eigenvalue weighted by Gasteiger charge is -2.25. The zero-order chi connectivity index (χ0) is 16.4. The van der Waals surface area contributed by atoms with Crippen LogP contribution in [0.15, 0.2) is 61.1 Å². The third-order valence-electron chi connectivity index (χ3n) is 4.48. The number of hydrogen-bond acceptors (Lipinski definition) is 3. The van der Waals surface area contributed by atoms with E-state index >= 15 is 0 Å². The summed E-state index contributed by atoms with van der Waals surface area (Å²) in [6.45, 7) is 0.761. The van der Waals surface area contributed by atoms with Crippen molar-refractivity contribution in [2.24, 2.45) is 0 Å². The van der Waals surface area contributed by atoms with Crippen LogP contribution in [0.3, 0.4) is 0 Å². The lowest BCUT2D eigenvalue weighted by atomic mass is 10.1. The zero-order valence-electron chi connectivity index (χ0n) is 13.2. The maximum absolute atomic E-state index is 12.8. The highest BCUT2D eigenvalue weighted by Crippen LogP contribution is 2.32. The summed E-state index contributed by atoms with van der Waals surface area (Å²) in [5.74, 6) is 0. The standard InChI is InChI=1S/C19H18N4O/c24-19(22-16-6-1-4-15-5-2-10-21-18(15)16)23-13-3-7-17(23)14-8-11-20-12-9-14/h1-2,4-6,8-12,17H,3,7,13H2,(H,22,24)/t17-/m0/s1. The fourth-order valence-electron chi connectivity index (χ4n) is 3.33. The van der Waals surface area contributed by atoms with Crippen LogP contribution in [0.4, 0.5) is 10.5 Å². The van der Waals surface area contributed by atoms with Crippen LogP contribution in [-0.4, -0.2) is 27.4 Å². The van der Waals surface area contributed by atoms with Gasteiger partial charge in [0.1, 0.15) is 0 Å². The van der Waals surface area contributed by atoms with Crippen molar-refractivity contribution in [3.8, 4) is 0 Å². The Labute approximate surface area is 140 Å². The average Bonchev–Trinajstić information content (AvgIpc) is 3.13. The van der Waals surface area contributed by atoms with E-state index in [1.54, 1.807) is 18.6 Å². The molecule has 3 heterocycles. The van der Waals surface area contributed by atoms with Crippen LogP contribution in [0.2, 0.25) is 0 Å². The van der Waals surface area contributed by atoms with Gasteiger partial charge in [-0.2, -0.15) is 0 Å². The van der Waals surface area contributed by atoms with Crippen LogP contribution >= 0.6 is 0 Å². The minimum Gasteiger partial charge on any atom is -0.317 e. The molecule has 0 spiro atoms. The number of fused-ring (bicyclic) bond motifs is 1. The predicted octanol–water partition coefficient (Wildman–Crippen LogP) is 4.00. The van der Waals surface area contributed by atoms with E-state index in [4.69, 9.17) is 0 Å². The Morgan fingerprint density at radius 3 is 2.79 bits per heavy atom. The molecule has 1 aliphatic heterocycles. The number of para-hydroxylation sites is 1. The topological polar surface area (TPSA) is 58.1 Å². The Morgan fingerprint density at radius 2 is 1.92 bits per heavy atom. The number of nitrogens with zero attached hydrogens (tertiary/aromatic N) is 3. The van der Waals surface area contributed by atoms with E-state index in [0.717, 1.165) is 41.5 Å². The second kappa shape index (κ2) is 6.28. The third-order valence-corrected chi connectivity index (χ3v) is 4.48. The van der Waals surface area contributed by atoms with Gasteiger partial charge in [-0.15, -0.1) is 0 Å². The van der Waals surface area contributed by atoms with Gasteiger partial charge in [-0.3, -0.25) is 9.97 Å². The predicted molar refractivity (Wildman–Crippen MR) is 93.7 cm³/mol. The summed E-state index contributed by atoms with van der Waals surface area (Å²) in [5.41, 5.74) is 2.69. The Kier molecular flexibility index (Phi) is 3.83. The van der Waals surface area contributed by atoms with Crippen LogP contribution < -0.4 is 5.32 Å². The van der Waals surface area contributed by atoms with Crippen molar-refractivity contribution in [1.29, 1.82) is 0 Å². The second-order valence-electron chi connectivity index (χ2n) is 5.94. The summed E-state index contributed by atoms with van der Waals surface area (Å²) >= 11 is 0. The monoisotopic (exact) mass is 318 g/mol. The number of aromatic nitrogens is 2. The molecule has 5 heteroatoms. The summed E-state index contributed by atoms with van der Waals surface area (Å²) in [5, 5.41) is 4.05. The summed E-state index contributed by atoms with van der Waals surface area (Å²) in [6.07, 6.45) is 7.28. The molecular formula is C19H18N4O. The van der Waals surface area contributed by atoms with Crippen molar-refractivity contribution in [2.75, 3.05) is 11.9 Å². The van der Waals surface area contributed by atoms with Crippen molar-refractivity contribution >= 4 is 22.6 Å². The minimum atomic E-state index is -0.0764. The van der Waals surface area contributed by atoms with E-state index in [1.165, 1.54) is 0 Å². The highest BCUT2D eigenvalue weighted by molar-refractivity contribution is 5.99. The van der Waals surface area contributed by atoms with E-state index in [9.17, 15) is 4.79 Å². The number of carbonyl (C=O) groups excluding carboxylic acids is 1. The molecule has 4 rings (SSSR count). The van der Waals surface area contributed by atoms with Gasteiger partial charge in [0.2, 0.25) is 0 Å². The minimum absolute atomic E-state index is 0.0764. The number of nitrogens with one attached hydrogen (secondary N) is 1. The molecule has 1 N–H and O–H groups in total. The quantitative estimate of drug-likeness (QED) is 0.777. The smallest absolute Gasteiger partial charge is 0.317 e. The summed E-state index contributed by atoms with van der Waals surface area (Å²) < 4.78 is 0. The van der Waals surface area contributed by atoms with Crippen LogP contribution in [-0.2, 0) is 0 Å². The fourth-order valence-corrected chi connectivity index (χ4v) is 3.33. The van der Waals surface area contributed by atoms with Crippen LogP contribution in [0, 0.1) is 0 Å². The molecule has 0 saturated carbocycles. The van der Waals surface area contributed by atoms with Crippen molar-refractivity contribution in [3.63, 3.8) is 0 Å². The molecule has 24 heavy (non-hydrogen) atoms. The molecule has 0 unspecified atom stereocenters. The molecule has 1 aromatic carbocycles. The average molecular weight is 318 g/mol. The number of pyridine rings is 2. The lowest BCUT2D eigenvalue weighted by Crippen LogP contribution is -2.34. The van der Waals surface area contributed by atoms with Gasteiger partial charge < -0.3 is 10.2 Å². The van der Waals surface area contributed by atoms with E-state index in [-0.39, 0.29) is 12.1 Å². The van der Waals surface area contributed by atoms with E-state index in [0.29, 0.717) is 0 Å². The Balaban J connectivity index is 1.59. The number of urea groups is 1. The largest absolute Gasteiger partial charge is 0.322 e. The molecule has 1 fully saturated rings. The molecule has 1 aliphatic rings. The van der Waals surface area contributed by atoms with Crippen LogP contribution in [0.5, 0.6) is 0 Å². The first kappa shape index (κ1) is 14.6. The molecule has 3 aromatic rings. The zero-order valence-corrected chi connectivity index (χ0v) is 13.2. The third kappa shape index (κ3) is 2.69. The van der Waals surface area contributed by atoms with Gasteiger partial charge in [0, 0.05) is 30.5 Å². The maximum atomic E-state index is 12.8. The molecule has 5 nitrogen and oxygen atoms in total. The number of anilines is 1. The second-order valence-corrected chi connectivity index (χ2v) is 5.94. The normalized spacial score (nSPS) is 17.2. The SMILES string of the molecule is O=C(Nc1cccc2cccnc12)N1CCC[C@H]1c1ccncc1. The summed E-state index contributed by atoms with van der Waals surface area (Å²) in [7, 11) is 0. The Morgan fingerprint density at radius 1 is 1.08 bits per heavy atom. The molecule has 2 amide bonds. The number of rotatable bonds is 2. The van der Waals surface area contributed by atoms with Crippen molar-refractivity contribution in [1.82, 2.24) is 14.9 Å². The summed E-state index contributed by atoms with van der Waals surface area (Å²) in [4.78, 5) is 23.2. The number of benzene rings is 1. The van der Waals surface area contributed by atoms with Crippen LogP contribution in [0.25, 0.3) is 10.9 Å². The molecule has 1 atom stereocenters. The maximum Gasteiger partial charge on any atom is 0.322 e. The number of hydrogen-bond donors (Lipinski definition) is 1. The lowest BCUT2D eigenvalue weighted by molar-refractivity contribution is 0.207. The van der Waals surface area contributed by atoms with Crippen molar-refractivity contribution < 1.29 is 4.79 Å². The first-order valence-electron chi connectivity index (χ1n) is 8.14. The number of carbonyl (C=O) groups is 1. The molecular weight excluding hydrogens is 300 g/mol. The highest BCUT2D eigenvalue weighted by Gasteiger charge is 2.30. The molecule has 0 bridgehead atoms. The van der Waals surface area contributed by atoms with Gasteiger partial charge in [0.05, 0.1) is 17.2 Å². The Hall–Kier alpha value is -2.95. The molecule has 120 valence electrons. The first-order chi connectivity index (χ1) is 11.8. The van der Waals surface area contributed by atoms with Gasteiger partial charge in [-0.05, 0) is 42.7 Å². The number of likely N-dealkylation sites (tertiary alicyclic amines) is 1. The van der Waals surface area contributed by atoms with Gasteiger partial charge in [-0.1, -0.05) is 18.2 Å². The van der Waals surface area contributed by atoms with E-state index in [2.05, 4.69) is 15.3 Å². The Bertz CT molecular complexity index is 860. The van der Waals surface area contributed by atoms with Gasteiger partial charge >= 0.3 is 6.03 Å². The van der Waals surface area contributed by atoms with E-state index in [1.807, 2.05) is 47.4 Å². The fraction of sp³-hybridized carbons (Fsp3) is 0.211. The molecule has 1 saturated heterocycles. The van der Waals surface area contributed by atoms with Crippen LogP contribution in [0.1, 0.15) is 24.4 Å². The van der Waals surface area contributed by atoms with Gasteiger partial charge in [0.15, 0.2) is 0 Å². The molecule has 0 aliphatic carbocycles.